The maximum atomic E-state index is 14.1. The van der Waals surface area contributed by atoms with Gasteiger partial charge in [0.2, 0.25) is 5.91 Å². The molecule has 1 heterocycles. The number of carbonyl (C=O) groups excluding carboxylic acids is 2. The molecule has 0 spiro atoms. The van der Waals surface area contributed by atoms with Gasteiger partial charge in [-0.05, 0) is 38.2 Å². The van der Waals surface area contributed by atoms with E-state index in [1.807, 2.05) is 6.07 Å². The van der Waals surface area contributed by atoms with Crippen molar-refractivity contribution in [2.24, 2.45) is 0 Å². The lowest BCUT2D eigenvalue weighted by Gasteiger charge is -2.34. The molecule has 0 saturated carbocycles. The van der Waals surface area contributed by atoms with E-state index in [9.17, 15) is 28.0 Å². The third kappa shape index (κ3) is 4.24. The molecular formula is C18H22F3N3O3S. The Balaban J connectivity index is 2.57. The normalized spacial score (nSPS) is 16.1. The van der Waals surface area contributed by atoms with Crippen LogP contribution in [0.15, 0.2) is 0 Å². The smallest absolute Gasteiger partial charge is 0.441 e. The molecule has 0 radical (unpaired) electrons. The zero-order valence-corrected chi connectivity index (χ0v) is 16.5. The molecule has 154 valence electrons. The summed E-state index contributed by atoms with van der Waals surface area (Å²) in [7, 11) is 0. The molecule has 1 aromatic heterocycles. The third-order valence-electron chi connectivity index (χ3n) is 4.49. The van der Waals surface area contributed by atoms with Crippen LogP contribution in [0.25, 0.3) is 0 Å². The molecule has 0 aliphatic heterocycles. The van der Waals surface area contributed by atoms with Gasteiger partial charge in [0, 0.05) is 11.3 Å². The zero-order valence-electron chi connectivity index (χ0n) is 15.7. The Labute approximate surface area is 165 Å². The van der Waals surface area contributed by atoms with Crippen LogP contribution in [0.5, 0.6) is 0 Å². The summed E-state index contributed by atoms with van der Waals surface area (Å²) < 4.78 is 46.8. The van der Waals surface area contributed by atoms with Crippen molar-refractivity contribution in [3.05, 3.63) is 16.0 Å². The second-order valence-corrected chi connectivity index (χ2v) is 7.48. The molecule has 2 N–H and O–H groups in total. The standard InChI is InChI=1S/C18H22F3N3O3S/c1-3-14(25)23-17(18(19,20)21,16(26)27-4-2)24-15-12(10-22)11-8-6-5-7-9-13(11)28-15/h24H,3-9H2,1-2H3,(H,23,25)/t17-/m0/s1. The molecule has 1 aliphatic carbocycles. The van der Waals surface area contributed by atoms with Gasteiger partial charge in [-0.15, -0.1) is 11.3 Å². The second-order valence-electron chi connectivity index (χ2n) is 6.38. The van der Waals surface area contributed by atoms with Gasteiger partial charge in [-0.1, -0.05) is 13.3 Å². The number of nitrogens with one attached hydrogen (secondary N) is 2. The molecule has 1 aliphatic rings. The number of hydrogen-bond donors (Lipinski definition) is 2. The number of nitriles is 1. The van der Waals surface area contributed by atoms with Crippen molar-refractivity contribution < 1.29 is 27.5 Å². The summed E-state index contributed by atoms with van der Waals surface area (Å²) in [5, 5.41) is 13.4. The highest BCUT2D eigenvalue weighted by atomic mass is 32.1. The van der Waals surface area contributed by atoms with Crippen LogP contribution in [0, 0.1) is 11.3 Å². The predicted molar refractivity (Wildman–Crippen MR) is 97.8 cm³/mol. The van der Waals surface area contributed by atoms with Crippen molar-refractivity contribution in [1.82, 2.24) is 5.32 Å². The molecule has 6 nitrogen and oxygen atoms in total. The highest BCUT2D eigenvalue weighted by Crippen LogP contribution is 2.41. The number of fused-ring (bicyclic) bond motifs is 1. The lowest BCUT2D eigenvalue weighted by molar-refractivity contribution is -0.207. The van der Waals surface area contributed by atoms with Crippen LogP contribution in [-0.4, -0.2) is 30.3 Å². The van der Waals surface area contributed by atoms with Crippen molar-refractivity contribution in [3.8, 4) is 6.07 Å². The molecule has 0 aromatic carbocycles. The van der Waals surface area contributed by atoms with Crippen molar-refractivity contribution >= 4 is 28.2 Å². The first-order valence-electron chi connectivity index (χ1n) is 9.07. The van der Waals surface area contributed by atoms with Crippen molar-refractivity contribution in [1.29, 1.82) is 5.26 Å². The van der Waals surface area contributed by atoms with Crippen LogP contribution < -0.4 is 10.6 Å². The fourth-order valence-electron chi connectivity index (χ4n) is 3.05. The first kappa shape index (κ1) is 22.0. The van der Waals surface area contributed by atoms with Gasteiger partial charge < -0.3 is 15.4 Å². The highest BCUT2D eigenvalue weighted by Gasteiger charge is 2.64. The third-order valence-corrected chi connectivity index (χ3v) is 5.70. The van der Waals surface area contributed by atoms with E-state index in [4.69, 9.17) is 0 Å². The predicted octanol–water partition coefficient (Wildman–Crippen LogP) is 3.65. The Morgan fingerprint density at radius 1 is 1.21 bits per heavy atom. The zero-order chi connectivity index (χ0) is 20.9. The van der Waals surface area contributed by atoms with Crippen molar-refractivity contribution in [2.75, 3.05) is 11.9 Å². The number of alkyl halides is 3. The molecular weight excluding hydrogens is 395 g/mol. The fourth-order valence-corrected chi connectivity index (χ4v) is 4.34. The second kappa shape index (κ2) is 8.82. The molecule has 1 atom stereocenters. The Hall–Kier alpha value is -2.28. The number of aryl methyl sites for hydroxylation is 1. The molecule has 2 rings (SSSR count). The minimum atomic E-state index is -5.20. The first-order chi connectivity index (χ1) is 13.2. The van der Waals surface area contributed by atoms with E-state index in [-0.39, 0.29) is 23.6 Å². The van der Waals surface area contributed by atoms with Crippen molar-refractivity contribution in [2.45, 2.75) is 64.2 Å². The van der Waals surface area contributed by atoms with E-state index in [2.05, 4.69) is 10.1 Å². The van der Waals surface area contributed by atoms with Gasteiger partial charge in [-0.2, -0.15) is 18.4 Å². The average molecular weight is 417 g/mol. The Bertz CT molecular complexity index is 786. The van der Waals surface area contributed by atoms with Gasteiger partial charge in [0.05, 0.1) is 12.2 Å². The SMILES string of the molecule is CCOC(=O)[C@](NC(=O)CC)(Nc1sc2c(c1C#N)CCCCC2)C(F)(F)F. The summed E-state index contributed by atoms with van der Waals surface area (Å²) in [6.45, 7) is 2.44. The number of esters is 1. The number of thiophene rings is 1. The van der Waals surface area contributed by atoms with E-state index in [0.29, 0.717) is 18.4 Å². The Morgan fingerprint density at radius 3 is 2.46 bits per heavy atom. The summed E-state index contributed by atoms with van der Waals surface area (Å²) in [5.41, 5.74) is -2.66. The monoisotopic (exact) mass is 417 g/mol. The molecule has 10 heteroatoms. The molecule has 0 saturated heterocycles. The molecule has 0 unspecified atom stereocenters. The lowest BCUT2D eigenvalue weighted by Crippen LogP contribution is -2.69. The highest BCUT2D eigenvalue weighted by molar-refractivity contribution is 7.16. The Kier molecular flexibility index (Phi) is 6.93. The topological polar surface area (TPSA) is 91.2 Å². The molecule has 1 aromatic rings. The number of anilines is 1. The van der Waals surface area contributed by atoms with Crippen LogP contribution in [0.3, 0.4) is 0 Å². The number of carbonyl (C=O) groups is 2. The quantitative estimate of drug-likeness (QED) is 0.419. The van der Waals surface area contributed by atoms with Crippen LogP contribution >= 0.6 is 11.3 Å². The number of rotatable bonds is 6. The average Bonchev–Trinajstić information content (AvgIpc) is 2.79. The number of nitrogens with zero attached hydrogens (tertiary/aromatic N) is 1. The van der Waals surface area contributed by atoms with Crippen molar-refractivity contribution in [3.63, 3.8) is 0 Å². The number of halogens is 3. The minimum Gasteiger partial charge on any atom is -0.463 e. The van der Waals surface area contributed by atoms with Gasteiger partial charge in [0.25, 0.3) is 0 Å². The van der Waals surface area contributed by atoms with Crippen LogP contribution in [0.1, 0.15) is 55.5 Å². The van der Waals surface area contributed by atoms with Gasteiger partial charge in [0.1, 0.15) is 11.1 Å². The molecule has 1 amide bonds. The largest absolute Gasteiger partial charge is 0.463 e. The van der Waals surface area contributed by atoms with Crippen LogP contribution in [-0.2, 0) is 27.2 Å². The van der Waals surface area contributed by atoms with Gasteiger partial charge in [-0.25, -0.2) is 4.79 Å². The van der Waals surface area contributed by atoms with E-state index >= 15 is 0 Å². The molecule has 28 heavy (non-hydrogen) atoms. The van der Waals surface area contributed by atoms with E-state index in [1.165, 1.54) is 13.8 Å². The van der Waals surface area contributed by atoms with Gasteiger partial charge >= 0.3 is 17.8 Å². The first-order valence-corrected chi connectivity index (χ1v) is 9.89. The summed E-state index contributed by atoms with van der Waals surface area (Å²) >= 11 is 1.02. The van der Waals surface area contributed by atoms with Crippen LogP contribution in [0.4, 0.5) is 18.2 Å². The molecule has 0 fully saturated rings. The van der Waals surface area contributed by atoms with E-state index in [1.54, 1.807) is 5.32 Å². The van der Waals surface area contributed by atoms with E-state index in [0.717, 1.165) is 35.5 Å². The summed E-state index contributed by atoms with van der Waals surface area (Å²) in [5.74, 6) is -2.65. The minimum absolute atomic E-state index is 0.0869. The van der Waals surface area contributed by atoms with Gasteiger partial charge in [-0.3, -0.25) is 4.79 Å². The molecule has 0 bridgehead atoms. The summed E-state index contributed by atoms with van der Waals surface area (Å²) in [4.78, 5) is 25.0. The number of amides is 1. The van der Waals surface area contributed by atoms with E-state index < -0.39 is 23.7 Å². The fraction of sp³-hybridized carbons (Fsp3) is 0.611. The number of ether oxygens (including phenoxy) is 1. The van der Waals surface area contributed by atoms with Gasteiger partial charge in [0.15, 0.2) is 0 Å². The summed E-state index contributed by atoms with van der Waals surface area (Å²) in [6.07, 6.45) is -1.49. The number of hydrogen-bond acceptors (Lipinski definition) is 6. The summed E-state index contributed by atoms with van der Waals surface area (Å²) in [6, 6.07) is 1.96. The maximum absolute atomic E-state index is 14.1. The maximum Gasteiger partial charge on any atom is 0.441 e. The lowest BCUT2D eigenvalue weighted by atomic mass is 10.1. The van der Waals surface area contributed by atoms with Crippen LogP contribution in [0.2, 0.25) is 0 Å². The Morgan fingerprint density at radius 2 is 1.89 bits per heavy atom.